The number of halogens is 1. The number of rotatable bonds is 10. The van der Waals surface area contributed by atoms with E-state index in [4.69, 9.17) is 14.3 Å². The van der Waals surface area contributed by atoms with E-state index < -0.39 is 0 Å². The van der Waals surface area contributed by atoms with Gasteiger partial charge in [-0.2, -0.15) is 0 Å². The highest BCUT2D eigenvalue weighted by Gasteiger charge is 2.12. The number of carbonyl (C=O) groups excluding carboxylic acids is 1. The van der Waals surface area contributed by atoms with Gasteiger partial charge in [-0.05, 0) is 73.2 Å². The minimum atomic E-state index is -0.277. The molecule has 0 spiro atoms. The molecule has 0 saturated heterocycles. The van der Waals surface area contributed by atoms with E-state index in [-0.39, 0.29) is 12.5 Å². The number of carbonyl (C=O) groups is 1. The van der Waals surface area contributed by atoms with Crippen molar-refractivity contribution in [2.45, 2.75) is 27.4 Å². The number of nitrogens with zero attached hydrogens (tertiary/aromatic N) is 1. The van der Waals surface area contributed by atoms with Crippen LogP contribution in [-0.4, -0.2) is 25.3 Å². The molecule has 0 radical (unpaired) electrons. The average molecular weight is 558 g/mol. The van der Waals surface area contributed by atoms with Crippen LogP contribution in [-0.2, 0) is 16.2 Å². The molecule has 0 aliphatic carbocycles. The molecular formula is C26H27IN2O4. The quantitative estimate of drug-likeness (QED) is 0.192. The Balaban J connectivity index is 1.59. The van der Waals surface area contributed by atoms with Crippen molar-refractivity contribution in [1.82, 2.24) is 0 Å². The third-order valence-electron chi connectivity index (χ3n) is 4.64. The maximum absolute atomic E-state index is 12.0. The Hall–Kier alpha value is -3.07. The number of nitrogens with one attached hydrogen (secondary N) is 1. The van der Waals surface area contributed by atoms with E-state index in [0.717, 1.165) is 25.9 Å². The van der Waals surface area contributed by atoms with E-state index in [2.05, 4.69) is 64.3 Å². The van der Waals surface area contributed by atoms with Gasteiger partial charge in [-0.15, -0.1) is 0 Å². The first kappa shape index (κ1) is 24.6. The molecule has 0 atom stereocenters. The summed E-state index contributed by atoms with van der Waals surface area (Å²) in [6, 6.07) is 19.5. The van der Waals surface area contributed by atoms with Crippen molar-refractivity contribution in [2.24, 2.45) is 5.16 Å². The van der Waals surface area contributed by atoms with Crippen LogP contribution in [0.5, 0.6) is 11.5 Å². The van der Waals surface area contributed by atoms with Crippen molar-refractivity contribution in [3.8, 4) is 11.5 Å². The van der Waals surface area contributed by atoms with Crippen LogP contribution in [0.4, 0.5) is 5.69 Å². The fourth-order valence-electron chi connectivity index (χ4n) is 2.93. The topological polar surface area (TPSA) is 69.2 Å². The van der Waals surface area contributed by atoms with E-state index in [1.54, 1.807) is 6.21 Å². The molecule has 0 saturated carbocycles. The summed E-state index contributed by atoms with van der Waals surface area (Å²) < 4.78 is 12.7. The van der Waals surface area contributed by atoms with Gasteiger partial charge in [-0.25, -0.2) is 0 Å². The van der Waals surface area contributed by atoms with Gasteiger partial charge in [0.2, 0.25) is 0 Å². The molecule has 6 nitrogen and oxygen atoms in total. The van der Waals surface area contributed by atoms with Crippen LogP contribution < -0.4 is 14.8 Å². The fourth-order valence-corrected chi connectivity index (χ4v) is 3.71. The molecule has 172 valence electrons. The summed E-state index contributed by atoms with van der Waals surface area (Å²) in [5.74, 6) is 1.05. The van der Waals surface area contributed by atoms with Gasteiger partial charge in [-0.3, -0.25) is 4.79 Å². The summed E-state index contributed by atoms with van der Waals surface area (Å²) in [5, 5.41) is 6.69. The average Bonchev–Trinajstić information content (AvgIpc) is 2.79. The van der Waals surface area contributed by atoms with Crippen LogP contribution in [0, 0.1) is 17.4 Å². The molecule has 0 aliphatic rings. The summed E-state index contributed by atoms with van der Waals surface area (Å²) >= 11 is 2.21. The number of ether oxygens (including phenoxy) is 2. The predicted octanol–water partition coefficient (Wildman–Crippen LogP) is 5.87. The van der Waals surface area contributed by atoms with Gasteiger partial charge in [0.05, 0.1) is 16.4 Å². The Kier molecular flexibility index (Phi) is 9.12. The van der Waals surface area contributed by atoms with Crippen molar-refractivity contribution in [1.29, 1.82) is 0 Å². The van der Waals surface area contributed by atoms with Gasteiger partial charge < -0.3 is 19.6 Å². The van der Waals surface area contributed by atoms with Crippen LogP contribution in [0.1, 0.15) is 29.2 Å². The first-order valence-corrected chi connectivity index (χ1v) is 11.7. The third-order valence-corrected chi connectivity index (χ3v) is 5.44. The minimum absolute atomic E-state index is 0.183. The number of amides is 1. The number of benzene rings is 3. The summed E-state index contributed by atoms with van der Waals surface area (Å²) in [7, 11) is 0. The molecule has 0 unspecified atom stereocenters. The molecular weight excluding hydrogens is 531 g/mol. The minimum Gasteiger partial charge on any atom is -0.490 e. The summed E-state index contributed by atoms with van der Waals surface area (Å²) in [4.78, 5) is 17.2. The van der Waals surface area contributed by atoms with E-state index in [1.165, 1.54) is 5.56 Å². The highest BCUT2D eigenvalue weighted by molar-refractivity contribution is 14.1. The maximum Gasteiger partial charge on any atom is 0.265 e. The number of hydrogen-bond donors (Lipinski definition) is 1. The lowest BCUT2D eigenvalue weighted by atomic mass is 10.2. The van der Waals surface area contributed by atoms with E-state index in [1.807, 2.05) is 50.2 Å². The summed E-state index contributed by atoms with van der Waals surface area (Å²) in [6.45, 7) is 6.74. The van der Waals surface area contributed by atoms with Gasteiger partial charge in [0, 0.05) is 11.3 Å². The SMILES string of the molecule is CCOc1cc(/C=N/OCC(=O)Nc2ccc(C)cc2)cc(I)c1OCc1ccc(C)cc1. The lowest BCUT2D eigenvalue weighted by Crippen LogP contribution is -2.16. The number of hydrogen-bond acceptors (Lipinski definition) is 5. The second kappa shape index (κ2) is 12.2. The van der Waals surface area contributed by atoms with Crippen LogP contribution in [0.15, 0.2) is 65.8 Å². The van der Waals surface area contributed by atoms with Crippen molar-refractivity contribution >= 4 is 40.4 Å². The standard InChI is InChI=1S/C26H27IN2O4/c1-4-31-24-14-21(13-23(27)26(24)32-16-20-9-5-18(2)6-10-20)15-28-33-17-25(30)29-22-11-7-19(3)8-12-22/h5-15H,4,16-17H2,1-3H3,(H,29,30)/b28-15+. The second-order valence-electron chi connectivity index (χ2n) is 7.46. The largest absolute Gasteiger partial charge is 0.490 e. The molecule has 33 heavy (non-hydrogen) atoms. The monoisotopic (exact) mass is 558 g/mol. The zero-order chi connectivity index (χ0) is 23.6. The lowest BCUT2D eigenvalue weighted by molar-refractivity contribution is -0.120. The van der Waals surface area contributed by atoms with Gasteiger partial charge in [0.15, 0.2) is 18.1 Å². The molecule has 1 N–H and O–H groups in total. The lowest BCUT2D eigenvalue weighted by Gasteiger charge is -2.15. The number of anilines is 1. The zero-order valence-corrected chi connectivity index (χ0v) is 21.1. The van der Waals surface area contributed by atoms with Crippen LogP contribution in [0.3, 0.4) is 0 Å². The smallest absolute Gasteiger partial charge is 0.265 e. The van der Waals surface area contributed by atoms with E-state index >= 15 is 0 Å². The Morgan fingerprint density at radius 1 is 1.00 bits per heavy atom. The Labute approximate surface area is 208 Å². The predicted molar refractivity (Wildman–Crippen MR) is 139 cm³/mol. The first-order chi connectivity index (χ1) is 15.9. The molecule has 0 bridgehead atoms. The molecule has 0 aliphatic heterocycles. The van der Waals surface area contributed by atoms with Gasteiger partial charge >= 0.3 is 0 Å². The molecule has 3 rings (SSSR count). The van der Waals surface area contributed by atoms with Crippen molar-refractivity contribution in [3.63, 3.8) is 0 Å². The first-order valence-electron chi connectivity index (χ1n) is 10.6. The fraction of sp³-hybridized carbons (Fsp3) is 0.231. The molecule has 3 aromatic carbocycles. The van der Waals surface area contributed by atoms with Crippen LogP contribution >= 0.6 is 22.6 Å². The van der Waals surface area contributed by atoms with E-state index in [9.17, 15) is 4.79 Å². The third kappa shape index (κ3) is 7.78. The van der Waals surface area contributed by atoms with Gasteiger partial charge in [0.1, 0.15) is 6.61 Å². The van der Waals surface area contributed by atoms with Crippen molar-refractivity contribution in [2.75, 3.05) is 18.5 Å². The van der Waals surface area contributed by atoms with Crippen molar-refractivity contribution in [3.05, 3.63) is 86.5 Å². The molecule has 0 aromatic heterocycles. The molecule has 0 heterocycles. The normalized spacial score (nSPS) is 10.8. The van der Waals surface area contributed by atoms with Crippen LogP contribution in [0.2, 0.25) is 0 Å². The van der Waals surface area contributed by atoms with Crippen LogP contribution in [0.25, 0.3) is 0 Å². The van der Waals surface area contributed by atoms with Gasteiger partial charge in [-0.1, -0.05) is 52.7 Å². The Bertz CT molecular complexity index is 1100. The Morgan fingerprint density at radius 2 is 1.67 bits per heavy atom. The highest BCUT2D eigenvalue weighted by Crippen LogP contribution is 2.34. The summed E-state index contributed by atoms with van der Waals surface area (Å²) in [5.41, 5.74) is 4.92. The molecule has 0 fully saturated rings. The van der Waals surface area contributed by atoms with E-state index in [0.29, 0.717) is 24.7 Å². The Morgan fingerprint density at radius 3 is 2.33 bits per heavy atom. The molecule has 3 aromatic rings. The van der Waals surface area contributed by atoms with Gasteiger partial charge in [0.25, 0.3) is 5.91 Å². The second-order valence-corrected chi connectivity index (χ2v) is 8.62. The highest BCUT2D eigenvalue weighted by atomic mass is 127. The zero-order valence-electron chi connectivity index (χ0n) is 18.9. The summed E-state index contributed by atoms with van der Waals surface area (Å²) in [6.07, 6.45) is 1.55. The molecule has 1 amide bonds. The number of oxime groups is 1. The number of aryl methyl sites for hydroxylation is 2. The van der Waals surface area contributed by atoms with Crippen molar-refractivity contribution < 1.29 is 19.1 Å². The maximum atomic E-state index is 12.0. The molecule has 7 heteroatoms.